The van der Waals surface area contributed by atoms with Gasteiger partial charge in [0, 0.05) is 14.1 Å². The van der Waals surface area contributed by atoms with Crippen molar-refractivity contribution in [3.63, 3.8) is 0 Å². The predicted octanol–water partition coefficient (Wildman–Crippen LogP) is 0.566. The molecule has 0 bridgehead atoms. The monoisotopic (exact) mass is 382 g/mol. The van der Waals surface area contributed by atoms with Crippen LogP contribution >= 0.6 is 0 Å². The van der Waals surface area contributed by atoms with E-state index in [4.69, 9.17) is 0 Å². The molecule has 0 aliphatic carbocycles. The van der Waals surface area contributed by atoms with Crippen LogP contribution in [0.25, 0.3) is 0 Å². The molecule has 1 fully saturated rings. The molecule has 1 amide bonds. The molecule has 7 heteroatoms. The maximum atomic E-state index is 12.9. The van der Waals surface area contributed by atoms with Gasteiger partial charge in [0.1, 0.15) is 0 Å². The number of nitrogens with one attached hydrogen (secondary N) is 1. The van der Waals surface area contributed by atoms with Crippen molar-refractivity contribution in [1.82, 2.24) is 9.21 Å². The Hall–Kier alpha value is -1.44. The maximum Gasteiger partial charge on any atom is 0.280 e. The molecule has 1 aliphatic heterocycles. The van der Waals surface area contributed by atoms with Crippen LogP contribution in [-0.4, -0.2) is 69.8 Å². The summed E-state index contributed by atoms with van der Waals surface area (Å²) >= 11 is 0. The van der Waals surface area contributed by atoms with Gasteiger partial charge in [-0.1, -0.05) is 26.0 Å². The summed E-state index contributed by atoms with van der Waals surface area (Å²) in [6.45, 7) is 8.35. The molecule has 1 aromatic carbocycles. The van der Waals surface area contributed by atoms with Crippen LogP contribution in [0.2, 0.25) is 0 Å². The van der Waals surface area contributed by atoms with Crippen LogP contribution in [0.1, 0.15) is 38.7 Å². The Labute approximate surface area is 157 Å². The molecule has 0 spiro atoms. The lowest BCUT2D eigenvalue weighted by Crippen LogP contribution is -3.19. The SMILES string of the molecule is CC[C@@H](C)c1ccc(S(=O)(=O)N2CC[NH+]([C@H](C)C(=O)N(C)C)CC2)cc1. The van der Waals surface area contributed by atoms with Crippen LogP contribution < -0.4 is 4.90 Å². The number of piperazine rings is 1. The lowest BCUT2D eigenvalue weighted by molar-refractivity contribution is -0.917. The summed E-state index contributed by atoms with van der Waals surface area (Å²) < 4.78 is 27.3. The summed E-state index contributed by atoms with van der Waals surface area (Å²) in [6, 6.07) is 7.12. The highest BCUT2D eigenvalue weighted by molar-refractivity contribution is 7.89. The number of hydrogen-bond acceptors (Lipinski definition) is 3. The zero-order valence-corrected chi connectivity index (χ0v) is 17.3. The molecule has 1 aliphatic rings. The molecule has 0 aromatic heterocycles. The van der Waals surface area contributed by atoms with Gasteiger partial charge in [-0.05, 0) is 37.0 Å². The average Bonchev–Trinajstić information content (AvgIpc) is 2.66. The third-order valence-electron chi connectivity index (χ3n) is 5.49. The van der Waals surface area contributed by atoms with Gasteiger partial charge in [-0.15, -0.1) is 0 Å². The van der Waals surface area contributed by atoms with Crippen LogP contribution in [0.15, 0.2) is 29.2 Å². The Morgan fingerprint density at radius 1 is 1.15 bits per heavy atom. The number of amides is 1. The van der Waals surface area contributed by atoms with Crippen molar-refractivity contribution >= 4 is 15.9 Å². The molecule has 1 N–H and O–H groups in total. The van der Waals surface area contributed by atoms with Crippen LogP contribution in [0.4, 0.5) is 0 Å². The van der Waals surface area contributed by atoms with Crippen LogP contribution in [0.3, 0.4) is 0 Å². The molecule has 1 aromatic rings. The lowest BCUT2D eigenvalue weighted by Gasteiger charge is -2.34. The van der Waals surface area contributed by atoms with Crippen LogP contribution in [-0.2, 0) is 14.8 Å². The Kier molecular flexibility index (Phi) is 6.82. The highest BCUT2D eigenvalue weighted by Gasteiger charge is 2.34. The molecule has 26 heavy (non-hydrogen) atoms. The summed E-state index contributed by atoms with van der Waals surface area (Å²) in [6.07, 6.45) is 1.03. The number of likely N-dealkylation sites (N-methyl/N-ethyl adjacent to an activating group) is 1. The van der Waals surface area contributed by atoms with Gasteiger partial charge in [-0.2, -0.15) is 4.31 Å². The van der Waals surface area contributed by atoms with Crippen LogP contribution in [0.5, 0.6) is 0 Å². The normalized spacial score (nSPS) is 19.1. The van der Waals surface area contributed by atoms with Gasteiger partial charge in [-0.25, -0.2) is 8.42 Å². The second-order valence-electron chi connectivity index (χ2n) is 7.40. The fraction of sp³-hybridized carbons (Fsp3) is 0.632. The van der Waals surface area contributed by atoms with Gasteiger partial charge in [0.05, 0.1) is 31.1 Å². The van der Waals surface area contributed by atoms with E-state index in [0.29, 0.717) is 37.0 Å². The summed E-state index contributed by atoms with van der Waals surface area (Å²) in [5.41, 5.74) is 1.16. The van der Waals surface area contributed by atoms with E-state index in [0.717, 1.165) is 16.9 Å². The minimum Gasteiger partial charge on any atom is -0.344 e. The second kappa shape index (κ2) is 8.50. The zero-order valence-electron chi connectivity index (χ0n) is 16.5. The standard InChI is InChI=1S/C19H31N3O3S/c1-6-15(2)17-7-9-18(10-8-17)26(24,25)22-13-11-21(12-14-22)16(3)19(23)20(4)5/h7-10,15-16H,6,11-14H2,1-5H3/p+1/t15-,16-/m1/s1. The predicted molar refractivity (Wildman–Crippen MR) is 103 cm³/mol. The summed E-state index contributed by atoms with van der Waals surface area (Å²) in [5.74, 6) is 0.506. The minimum absolute atomic E-state index is 0.0805. The molecular formula is C19H32N3O3S+. The van der Waals surface area contributed by atoms with Gasteiger partial charge >= 0.3 is 0 Å². The third kappa shape index (κ3) is 4.45. The molecule has 1 heterocycles. The Bertz CT molecular complexity index is 708. The first-order valence-corrected chi connectivity index (χ1v) is 10.8. The number of carbonyl (C=O) groups is 1. The van der Waals surface area contributed by atoms with Crippen molar-refractivity contribution in [3.8, 4) is 0 Å². The Morgan fingerprint density at radius 3 is 2.15 bits per heavy atom. The number of benzene rings is 1. The van der Waals surface area contributed by atoms with E-state index >= 15 is 0 Å². The topological polar surface area (TPSA) is 62.1 Å². The first-order chi connectivity index (χ1) is 12.2. The second-order valence-corrected chi connectivity index (χ2v) is 9.33. The summed E-state index contributed by atoms with van der Waals surface area (Å²) in [7, 11) is 0.0318. The van der Waals surface area contributed by atoms with E-state index < -0.39 is 10.0 Å². The third-order valence-corrected chi connectivity index (χ3v) is 7.40. The smallest absolute Gasteiger partial charge is 0.280 e. The molecular weight excluding hydrogens is 350 g/mol. The van der Waals surface area contributed by atoms with Crippen molar-refractivity contribution in [2.75, 3.05) is 40.3 Å². The first kappa shape index (κ1) is 20.9. The first-order valence-electron chi connectivity index (χ1n) is 9.34. The number of hydrogen-bond donors (Lipinski definition) is 1. The van der Waals surface area contributed by atoms with Crippen molar-refractivity contribution in [1.29, 1.82) is 0 Å². The van der Waals surface area contributed by atoms with Crippen molar-refractivity contribution in [3.05, 3.63) is 29.8 Å². The van der Waals surface area contributed by atoms with Crippen molar-refractivity contribution in [2.24, 2.45) is 0 Å². The molecule has 1 saturated heterocycles. The van der Waals surface area contributed by atoms with Gasteiger partial charge < -0.3 is 9.80 Å². The Morgan fingerprint density at radius 2 is 1.69 bits per heavy atom. The molecule has 0 saturated carbocycles. The number of nitrogens with zero attached hydrogens (tertiary/aromatic N) is 2. The van der Waals surface area contributed by atoms with Gasteiger partial charge in [0.25, 0.3) is 5.91 Å². The van der Waals surface area contributed by atoms with Gasteiger partial charge in [0.2, 0.25) is 10.0 Å². The number of carbonyl (C=O) groups excluding carboxylic acids is 1. The fourth-order valence-electron chi connectivity index (χ4n) is 3.36. The highest BCUT2D eigenvalue weighted by atomic mass is 32.2. The van der Waals surface area contributed by atoms with E-state index in [9.17, 15) is 13.2 Å². The summed E-state index contributed by atoms with van der Waals surface area (Å²) in [4.78, 5) is 15.2. The van der Waals surface area contributed by atoms with E-state index in [2.05, 4.69) is 13.8 Å². The largest absolute Gasteiger partial charge is 0.344 e. The van der Waals surface area contributed by atoms with E-state index in [1.807, 2.05) is 19.1 Å². The average molecular weight is 383 g/mol. The number of rotatable bonds is 6. The number of sulfonamides is 1. The number of quaternary nitrogens is 1. The minimum atomic E-state index is -3.47. The van der Waals surface area contributed by atoms with Crippen molar-refractivity contribution in [2.45, 2.75) is 44.0 Å². The molecule has 0 radical (unpaired) electrons. The Balaban J connectivity index is 2.04. The highest BCUT2D eigenvalue weighted by Crippen LogP contribution is 2.22. The van der Waals surface area contributed by atoms with Gasteiger partial charge in [0.15, 0.2) is 6.04 Å². The van der Waals surface area contributed by atoms with Gasteiger partial charge in [-0.3, -0.25) is 4.79 Å². The quantitative estimate of drug-likeness (QED) is 0.782. The molecule has 2 atom stereocenters. The molecule has 2 rings (SSSR count). The molecule has 0 unspecified atom stereocenters. The van der Waals surface area contributed by atoms with E-state index in [-0.39, 0.29) is 11.9 Å². The van der Waals surface area contributed by atoms with Crippen molar-refractivity contribution < 1.29 is 18.1 Å². The zero-order chi connectivity index (χ0) is 19.5. The van der Waals surface area contributed by atoms with E-state index in [1.165, 1.54) is 0 Å². The van der Waals surface area contributed by atoms with Crippen LogP contribution in [0, 0.1) is 0 Å². The fourth-order valence-corrected chi connectivity index (χ4v) is 4.80. The lowest BCUT2D eigenvalue weighted by atomic mass is 9.99. The summed E-state index contributed by atoms with van der Waals surface area (Å²) in [5, 5.41) is 0. The molecule has 6 nitrogen and oxygen atoms in total. The maximum absolute atomic E-state index is 12.9. The molecule has 146 valence electrons. The van der Waals surface area contributed by atoms with E-state index in [1.54, 1.807) is 35.4 Å².